The van der Waals surface area contributed by atoms with Gasteiger partial charge < -0.3 is 14.8 Å². The smallest absolute Gasteiger partial charge is 0.335 e. The maximum absolute atomic E-state index is 11.3. The number of nitrogens with zero attached hydrogens (tertiary/aromatic N) is 1. The van der Waals surface area contributed by atoms with E-state index in [0.717, 1.165) is 53.7 Å². The monoisotopic (exact) mass is 416 g/mol. The normalized spacial score (nSPS) is 19.4. The van der Waals surface area contributed by atoms with Gasteiger partial charge in [0, 0.05) is 48.4 Å². The molecule has 0 unspecified atom stereocenters. The van der Waals surface area contributed by atoms with Gasteiger partial charge in [-0.1, -0.05) is 18.1 Å². The van der Waals surface area contributed by atoms with Crippen molar-refractivity contribution in [1.29, 1.82) is 0 Å². The van der Waals surface area contributed by atoms with E-state index in [1.54, 1.807) is 12.1 Å². The SMILES string of the molecule is C#Cc1cc(C)c2[nH]ccc2c1CN1CC[C@H](OCC)C[C@H]1c1ccc(C(=O)O)cc1. The third kappa shape index (κ3) is 4.23. The Morgan fingerprint density at radius 2 is 2.10 bits per heavy atom. The minimum absolute atomic E-state index is 0.133. The molecule has 0 aliphatic carbocycles. The predicted molar refractivity (Wildman–Crippen MR) is 122 cm³/mol. The molecular weight excluding hydrogens is 388 g/mol. The summed E-state index contributed by atoms with van der Waals surface area (Å²) < 4.78 is 5.96. The molecule has 0 bridgehead atoms. The van der Waals surface area contributed by atoms with Gasteiger partial charge in [0.25, 0.3) is 0 Å². The average molecular weight is 417 g/mol. The fraction of sp³-hybridized carbons (Fsp3) is 0.346. The van der Waals surface area contributed by atoms with Gasteiger partial charge >= 0.3 is 5.97 Å². The molecule has 5 nitrogen and oxygen atoms in total. The second-order valence-electron chi connectivity index (χ2n) is 8.15. The number of rotatable bonds is 6. The zero-order chi connectivity index (χ0) is 22.0. The van der Waals surface area contributed by atoms with Crippen LogP contribution in [0.4, 0.5) is 0 Å². The van der Waals surface area contributed by atoms with Gasteiger partial charge in [-0.25, -0.2) is 4.79 Å². The van der Waals surface area contributed by atoms with Crippen LogP contribution < -0.4 is 0 Å². The summed E-state index contributed by atoms with van der Waals surface area (Å²) in [6.07, 6.45) is 9.87. The van der Waals surface area contributed by atoms with Crippen molar-refractivity contribution >= 4 is 16.9 Å². The average Bonchev–Trinajstić information content (AvgIpc) is 3.27. The Kier molecular flexibility index (Phi) is 6.13. The molecule has 1 aliphatic rings. The number of likely N-dealkylation sites (tertiary alicyclic amines) is 1. The van der Waals surface area contributed by atoms with Crippen molar-refractivity contribution in [1.82, 2.24) is 9.88 Å². The zero-order valence-corrected chi connectivity index (χ0v) is 18.0. The van der Waals surface area contributed by atoms with Crippen molar-refractivity contribution < 1.29 is 14.6 Å². The van der Waals surface area contributed by atoms with E-state index in [-0.39, 0.29) is 12.1 Å². The lowest BCUT2D eigenvalue weighted by atomic mass is 9.91. The van der Waals surface area contributed by atoms with Gasteiger partial charge in [-0.15, -0.1) is 6.42 Å². The summed E-state index contributed by atoms with van der Waals surface area (Å²) >= 11 is 0. The van der Waals surface area contributed by atoms with Gasteiger partial charge in [0.15, 0.2) is 0 Å². The molecule has 1 saturated heterocycles. The lowest BCUT2D eigenvalue weighted by Crippen LogP contribution is -2.39. The molecule has 160 valence electrons. The highest BCUT2D eigenvalue weighted by Gasteiger charge is 2.31. The molecule has 2 heterocycles. The van der Waals surface area contributed by atoms with Crippen LogP contribution >= 0.6 is 0 Å². The fourth-order valence-electron chi connectivity index (χ4n) is 4.72. The summed E-state index contributed by atoms with van der Waals surface area (Å²) in [6, 6.07) is 11.5. The summed E-state index contributed by atoms with van der Waals surface area (Å²) in [5.41, 5.74) is 5.76. The van der Waals surface area contributed by atoms with Gasteiger partial charge in [-0.2, -0.15) is 0 Å². The molecule has 2 atom stereocenters. The van der Waals surface area contributed by atoms with Gasteiger partial charge in [0.05, 0.1) is 11.7 Å². The number of ether oxygens (including phenoxy) is 1. The predicted octanol–water partition coefficient (Wildman–Crippen LogP) is 4.90. The first kappa shape index (κ1) is 21.2. The summed E-state index contributed by atoms with van der Waals surface area (Å²) in [5.74, 6) is 1.97. The van der Waals surface area contributed by atoms with Crippen molar-refractivity contribution in [2.75, 3.05) is 13.2 Å². The van der Waals surface area contributed by atoms with Crippen LogP contribution in [-0.2, 0) is 11.3 Å². The number of fused-ring (bicyclic) bond motifs is 1. The Morgan fingerprint density at radius 1 is 1.32 bits per heavy atom. The quantitative estimate of drug-likeness (QED) is 0.561. The number of terminal acetylenes is 1. The van der Waals surface area contributed by atoms with Gasteiger partial charge in [0.2, 0.25) is 0 Å². The number of H-pyrrole nitrogens is 1. The van der Waals surface area contributed by atoms with Gasteiger partial charge in [-0.05, 0) is 67.6 Å². The molecule has 0 saturated carbocycles. The largest absolute Gasteiger partial charge is 0.478 e. The second-order valence-corrected chi connectivity index (χ2v) is 8.15. The highest BCUT2D eigenvalue weighted by molar-refractivity contribution is 5.88. The van der Waals surface area contributed by atoms with E-state index in [2.05, 4.69) is 34.9 Å². The van der Waals surface area contributed by atoms with E-state index in [1.807, 2.05) is 25.3 Å². The molecule has 1 fully saturated rings. The Labute approximate surface area is 183 Å². The number of benzene rings is 2. The third-order valence-electron chi connectivity index (χ3n) is 6.28. The molecule has 1 aliphatic heterocycles. The van der Waals surface area contributed by atoms with Gasteiger partial charge in [0.1, 0.15) is 0 Å². The van der Waals surface area contributed by atoms with Crippen LogP contribution in [0.2, 0.25) is 0 Å². The topological polar surface area (TPSA) is 65.6 Å². The van der Waals surface area contributed by atoms with Crippen LogP contribution in [0.15, 0.2) is 42.6 Å². The summed E-state index contributed by atoms with van der Waals surface area (Å²) in [4.78, 5) is 17.1. The summed E-state index contributed by atoms with van der Waals surface area (Å²) in [5, 5.41) is 10.4. The summed E-state index contributed by atoms with van der Waals surface area (Å²) in [6.45, 7) is 6.41. The number of aryl methyl sites for hydroxylation is 1. The molecule has 5 heteroatoms. The van der Waals surface area contributed by atoms with E-state index in [1.165, 1.54) is 5.39 Å². The van der Waals surface area contributed by atoms with Gasteiger partial charge in [-0.3, -0.25) is 4.90 Å². The molecule has 1 aromatic heterocycles. The van der Waals surface area contributed by atoms with Crippen molar-refractivity contribution in [2.45, 2.75) is 45.4 Å². The maximum atomic E-state index is 11.3. The first-order valence-corrected chi connectivity index (χ1v) is 10.8. The van der Waals surface area contributed by atoms with Crippen molar-refractivity contribution in [3.8, 4) is 12.3 Å². The Bertz CT molecular complexity index is 1120. The van der Waals surface area contributed by atoms with Crippen LogP contribution in [0.3, 0.4) is 0 Å². The summed E-state index contributed by atoms with van der Waals surface area (Å²) in [7, 11) is 0. The number of nitrogens with one attached hydrogen (secondary N) is 1. The number of aromatic nitrogens is 1. The minimum atomic E-state index is -0.910. The van der Waals surface area contributed by atoms with E-state index >= 15 is 0 Å². The van der Waals surface area contributed by atoms with E-state index in [4.69, 9.17) is 11.2 Å². The molecule has 2 N–H and O–H groups in total. The molecule has 31 heavy (non-hydrogen) atoms. The van der Waals surface area contributed by atoms with Crippen LogP contribution in [0.25, 0.3) is 10.9 Å². The van der Waals surface area contributed by atoms with E-state index in [0.29, 0.717) is 12.2 Å². The Balaban J connectivity index is 1.70. The second kappa shape index (κ2) is 8.97. The number of aromatic amines is 1. The number of piperidine rings is 1. The number of hydrogen-bond acceptors (Lipinski definition) is 3. The maximum Gasteiger partial charge on any atom is 0.335 e. The van der Waals surface area contributed by atoms with Crippen molar-refractivity contribution in [3.63, 3.8) is 0 Å². The number of aromatic carboxylic acids is 1. The number of carbonyl (C=O) groups is 1. The van der Waals surface area contributed by atoms with Crippen LogP contribution in [0.5, 0.6) is 0 Å². The standard InChI is InChI=1S/C26H28N2O3/c1-4-18-14-17(3)25-22(10-12-27-25)23(18)16-28-13-11-21(31-5-2)15-24(28)19-6-8-20(9-7-19)26(29)30/h1,6-10,12,14,21,24,27H,5,11,13,15-16H2,2-3H3,(H,29,30)/t21-,24-/m0/s1. The van der Waals surface area contributed by atoms with Crippen molar-refractivity contribution in [3.05, 3.63) is 70.4 Å². The highest BCUT2D eigenvalue weighted by atomic mass is 16.5. The number of carboxylic acids is 1. The molecule has 3 aromatic rings. The Hall–Kier alpha value is -3.07. The number of hydrogen-bond donors (Lipinski definition) is 2. The molecule has 0 amide bonds. The molecule has 2 aromatic carbocycles. The van der Waals surface area contributed by atoms with Crippen LogP contribution in [-0.4, -0.2) is 40.2 Å². The lowest BCUT2D eigenvalue weighted by molar-refractivity contribution is -0.0137. The molecule has 4 rings (SSSR count). The number of carboxylic acid groups (broad SMARTS) is 1. The first-order valence-electron chi connectivity index (χ1n) is 10.8. The van der Waals surface area contributed by atoms with Crippen LogP contribution in [0, 0.1) is 19.3 Å². The molecule has 0 radical (unpaired) electrons. The van der Waals surface area contributed by atoms with E-state index < -0.39 is 5.97 Å². The first-order chi connectivity index (χ1) is 15.0. The highest BCUT2D eigenvalue weighted by Crippen LogP contribution is 2.36. The molecule has 0 spiro atoms. The Morgan fingerprint density at radius 3 is 2.77 bits per heavy atom. The third-order valence-corrected chi connectivity index (χ3v) is 6.28. The van der Waals surface area contributed by atoms with Crippen molar-refractivity contribution in [2.24, 2.45) is 0 Å². The van der Waals surface area contributed by atoms with E-state index in [9.17, 15) is 9.90 Å². The molecular formula is C26H28N2O3. The zero-order valence-electron chi connectivity index (χ0n) is 18.0. The lowest BCUT2D eigenvalue weighted by Gasteiger charge is -2.40. The minimum Gasteiger partial charge on any atom is -0.478 e. The fourth-order valence-corrected chi connectivity index (χ4v) is 4.72. The van der Waals surface area contributed by atoms with Crippen LogP contribution in [0.1, 0.15) is 58.4 Å².